The van der Waals surface area contributed by atoms with Crippen LogP contribution in [0, 0.1) is 0 Å². The summed E-state index contributed by atoms with van der Waals surface area (Å²) in [5, 5.41) is 12.5. The Labute approximate surface area is 179 Å². The Morgan fingerprint density at radius 2 is 1.76 bits per heavy atom. The second kappa shape index (κ2) is 15.4. The van der Waals surface area contributed by atoms with Crippen LogP contribution in [0.4, 0.5) is 5.95 Å². The van der Waals surface area contributed by atoms with Crippen molar-refractivity contribution in [2.24, 2.45) is 0 Å². The predicted octanol–water partition coefficient (Wildman–Crippen LogP) is 5.40. The number of nitrogens with one attached hydrogen (secondary N) is 2. The molecule has 3 aromatic rings. The van der Waals surface area contributed by atoms with Gasteiger partial charge in [-0.25, -0.2) is 9.97 Å². The number of aromatic hydroxyl groups is 1. The zero-order valence-corrected chi connectivity index (χ0v) is 18.5. The molecule has 0 bridgehead atoms. The summed E-state index contributed by atoms with van der Waals surface area (Å²) in [7, 11) is 1.99. The standard InChI is InChI=1S/C11H11N3OS.C10H15N.C2H6/c1-16-14-11-12-6-5-10(13-11)8-3-2-4-9(15)7-8;1-11-9-5-8-10-6-3-2-4-7-10;1-2/h2-7,15H,1H3,(H,12,13,14);2-4,6-7,11H,5,8-9H2,1H3;1-2H3. The van der Waals surface area contributed by atoms with E-state index in [0.29, 0.717) is 5.95 Å². The highest BCUT2D eigenvalue weighted by atomic mass is 32.2. The largest absolute Gasteiger partial charge is 0.508 e. The predicted molar refractivity (Wildman–Crippen MR) is 126 cm³/mol. The molecule has 0 radical (unpaired) electrons. The number of phenols is 1. The van der Waals surface area contributed by atoms with Gasteiger partial charge in [0.05, 0.1) is 5.69 Å². The maximum Gasteiger partial charge on any atom is 0.233 e. The summed E-state index contributed by atoms with van der Waals surface area (Å²) in [6, 6.07) is 19.4. The molecule has 2 aromatic carbocycles. The molecule has 6 heteroatoms. The van der Waals surface area contributed by atoms with Gasteiger partial charge in [0, 0.05) is 18.0 Å². The SMILES string of the molecule is CC.CNCCCc1ccccc1.CSNc1nccc(-c2cccc(O)c2)n1. The fourth-order valence-corrected chi connectivity index (χ4v) is 2.72. The molecule has 0 spiro atoms. The maximum atomic E-state index is 9.38. The number of anilines is 1. The van der Waals surface area contributed by atoms with E-state index in [4.69, 9.17) is 0 Å². The van der Waals surface area contributed by atoms with Crippen LogP contribution in [0.3, 0.4) is 0 Å². The summed E-state index contributed by atoms with van der Waals surface area (Å²) in [6.45, 7) is 5.11. The minimum absolute atomic E-state index is 0.232. The summed E-state index contributed by atoms with van der Waals surface area (Å²) in [4.78, 5) is 8.39. The van der Waals surface area contributed by atoms with Crippen LogP contribution < -0.4 is 10.0 Å². The lowest BCUT2D eigenvalue weighted by atomic mass is 10.1. The van der Waals surface area contributed by atoms with E-state index in [1.807, 2.05) is 33.2 Å². The normalized spacial score (nSPS) is 9.52. The summed E-state index contributed by atoms with van der Waals surface area (Å²) >= 11 is 1.44. The molecule has 0 unspecified atom stereocenters. The van der Waals surface area contributed by atoms with Crippen molar-refractivity contribution in [3.8, 4) is 17.0 Å². The number of hydrogen-bond donors (Lipinski definition) is 3. The molecule has 156 valence electrons. The van der Waals surface area contributed by atoms with Crippen molar-refractivity contribution in [1.29, 1.82) is 0 Å². The van der Waals surface area contributed by atoms with Gasteiger partial charge in [-0.1, -0.05) is 68.3 Å². The molecule has 0 saturated carbocycles. The summed E-state index contributed by atoms with van der Waals surface area (Å²) in [5.74, 6) is 0.795. The van der Waals surface area contributed by atoms with Crippen molar-refractivity contribution < 1.29 is 5.11 Å². The minimum atomic E-state index is 0.232. The van der Waals surface area contributed by atoms with Crippen LogP contribution in [-0.4, -0.2) is 34.9 Å². The number of aromatic nitrogens is 2. The number of rotatable bonds is 7. The van der Waals surface area contributed by atoms with Gasteiger partial charge in [0.2, 0.25) is 5.95 Å². The Balaban J connectivity index is 0.000000284. The van der Waals surface area contributed by atoms with Crippen LogP contribution in [0.2, 0.25) is 0 Å². The van der Waals surface area contributed by atoms with E-state index in [1.165, 1.54) is 30.4 Å². The molecule has 0 atom stereocenters. The van der Waals surface area contributed by atoms with E-state index in [-0.39, 0.29) is 5.75 Å². The minimum Gasteiger partial charge on any atom is -0.508 e. The quantitative estimate of drug-likeness (QED) is 0.356. The van der Waals surface area contributed by atoms with Gasteiger partial charge >= 0.3 is 0 Å². The fraction of sp³-hybridized carbons (Fsp3) is 0.304. The lowest BCUT2D eigenvalue weighted by Gasteiger charge is -2.04. The molecule has 0 saturated heterocycles. The average Bonchev–Trinajstić information content (AvgIpc) is 2.77. The fourth-order valence-electron chi connectivity index (χ4n) is 2.44. The summed E-state index contributed by atoms with van der Waals surface area (Å²) in [6.07, 6.45) is 6.00. The van der Waals surface area contributed by atoms with Crippen molar-refractivity contribution in [1.82, 2.24) is 15.3 Å². The van der Waals surface area contributed by atoms with Gasteiger partial charge in [-0.05, 0) is 50.2 Å². The van der Waals surface area contributed by atoms with Gasteiger partial charge in [0.25, 0.3) is 0 Å². The Hall–Kier alpha value is -2.57. The summed E-state index contributed by atoms with van der Waals surface area (Å²) in [5.41, 5.74) is 3.08. The molecule has 3 rings (SSSR count). The van der Waals surface area contributed by atoms with Crippen molar-refractivity contribution in [2.45, 2.75) is 26.7 Å². The number of hydrogen-bond acceptors (Lipinski definition) is 6. The van der Waals surface area contributed by atoms with E-state index in [1.54, 1.807) is 30.5 Å². The van der Waals surface area contributed by atoms with Gasteiger partial charge in [-0.2, -0.15) is 0 Å². The van der Waals surface area contributed by atoms with Gasteiger partial charge in [-0.3, -0.25) is 4.72 Å². The van der Waals surface area contributed by atoms with Gasteiger partial charge in [0.15, 0.2) is 0 Å². The van der Waals surface area contributed by atoms with E-state index < -0.39 is 0 Å². The van der Waals surface area contributed by atoms with E-state index in [2.05, 4.69) is 50.3 Å². The molecule has 5 nitrogen and oxygen atoms in total. The molecule has 3 N–H and O–H groups in total. The third-order valence-corrected chi connectivity index (χ3v) is 4.11. The Bertz CT molecular complexity index is 800. The molecule has 1 aromatic heterocycles. The number of benzene rings is 2. The van der Waals surface area contributed by atoms with Gasteiger partial charge < -0.3 is 10.4 Å². The second-order valence-corrected chi connectivity index (χ2v) is 6.43. The number of phenolic OH excluding ortho intramolecular Hbond substituents is 1. The molecular weight excluding hydrogens is 380 g/mol. The van der Waals surface area contributed by atoms with E-state index in [0.717, 1.165) is 17.8 Å². The lowest BCUT2D eigenvalue weighted by molar-refractivity contribution is 0.475. The van der Waals surface area contributed by atoms with Crippen LogP contribution in [0.25, 0.3) is 11.3 Å². The first-order valence-electron chi connectivity index (χ1n) is 9.83. The van der Waals surface area contributed by atoms with Crippen LogP contribution in [-0.2, 0) is 6.42 Å². The zero-order chi connectivity index (χ0) is 21.3. The third-order valence-electron chi connectivity index (χ3n) is 3.73. The molecule has 0 aliphatic rings. The van der Waals surface area contributed by atoms with Crippen molar-refractivity contribution in [3.63, 3.8) is 0 Å². The number of aryl methyl sites for hydroxylation is 1. The third kappa shape index (κ3) is 9.96. The van der Waals surface area contributed by atoms with E-state index >= 15 is 0 Å². The first-order chi connectivity index (χ1) is 14.2. The smallest absolute Gasteiger partial charge is 0.233 e. The van der Waals surface area contributed by atoms with Gasteiger partial charge in [0.1, 0.15) is 5.75 Å². The lowest BCUT2D eigenvalue weighted by Crippen LogP contribution is -2.08. The molecule has 0 amide bonds. The highest BCUT2D eigenvalue weighted by Crippen LogP contribution is 2.22. The van der Waals surface area contributed by atoms with Crippen LogP contribution in [0.15, 0.2) is 66.9 Å². The Kier molecular flexibility index (Phi) is 13.0. The first kappa shape index (κ1) is 24.5. The summed E-state index contributed by atoms with van der Waals surface area (Å²) < 4.78 is 2.96. The molecule has 1 heterocycles. The topological polar surface area (TPSA) is 70.1 Å². The van der Waals surface area contributed by atoms with E-state index in [9.17, 15) is 5.11 Å². The molecule has 0 fully saturated rings. The monoisotopic (exact) mass is 412 g/mol. The molecule has 29 heavy (non-hydrogen) atoms. The maximum absolute atomic E-state index is 9.38. The zero-order valence-electron chi connectivity index (χ0n) is 17.7. The highest BCUT2D eigenvalue weighted by molar-refractivity contribution is 7.99. The molecule has 0 aliphatic heterocycles. The van der Waals surface area contributed by atoms with Crippen LogP contribution in [0.5, 0.6) is 5.75 Å². The van der Waals surface area contributed by atoms with Crippen molar-refractivity contribution in [3.05, 3.63) is 72.4 Å². The van der Waals surface area contributed by atoms with Gasteiger partial charge in [-0.15, -0.1) is 0 Å². The van der Waals surface area contributed by atoms with Crippen molar-refractivity contribution >= 4 is 17.9 Å². The highest BCUT2D eigenvalue weighted by Gasteiger charge is 2.02. The number of nitrogens with zero attached hydrogens (tertiary/aromatic N) is 2. The van der Waals surface area contributed by atoms with Crippen molar-refractivity contribution in [2.75, 3.05) is 24.6 Å². The van der Waals surface area contributed by atoms with Crippen LogP contribution in [0.1, 0.15) is 25.8 Å². The second-order valence-electron chi connectivity index (χ2n) is 5.81. The van der Waals surface area contributed by atoms with Crippen LogP contribution >= 0.6 is 11.9 Å². The molecular formula is C23H32N4OS. The Morgan fingerprint density at radius 3 is 2.41 bits per heavy atom. The first-order valence-corrected chi connectivity index (χ1v) is 11.1. The Morgan fingerprint density at radius 1 is 1.00 bits per heavy atom. The average molecular weight is 413 g/mol. The molecule has 0 aliphatic carbocycles.